The van der Waals surface area contributed by atoms with Crippen LogP contribution in [0.4, 0.5) is 4.79 Å². The Balaban J connectivity index is 2.52. The lowest BCUT2D eigenvalue weighted by atomic mass is 10.1. The predicted molar refractivity (Wildman–Crippen MR) is 92.7 cm³/mol. The van der Waals surface area contributed by atoms with Gasteiger partial charge in [0.15, 0.2) is 0 Å². The topological polar surface area (TPSA) is 61.8 Å². The van der Waals surface area contributed by atoms with Gasteiger partial charge in [-0.15, -0.1) is 0 Å². The molecule has 1 aromatic carbocycles. The number of aromatic hydroxyl groups is 1. The molecule has 1 atom stereocenters. The molecule has 1 rings (SSSR count). The Morgan fingerprint density at radius 1 is 1.39 bits per heavy atom. The minimum absolute atomic E-state index is 0.00735. The molecule has 0 fully saturated rings. The summed E-state index contributed by atoms with van der Waals surface area (Å²) < 4.78 is 5.38. The molecule has 0 aliphatic rings. The van der Waals surface area contributed by atoms with Gasteiger partial charge < -0.3 is 20.1 Å². The predicted octanol–water partition coefficient (Wildman–Crippen LogP) is 3.61. The summed E-state index contributed by atoms with van der Waals surface area (Å²) >= 11 is 0. The maximum absolute atomic E-state index is 12.1. The second kappa shape index (κ2) is 8.20. The lowest BCUT2D eigenvalue weighted by Crippen LogP contribution is -2.40. The molecule has 2 N–H and O–H groups in total. The molecule has 0 aliphatic heterocycles. The fraction of sp³-hybridized carbons (Fsp3) is 0.611. The van der Waals surface area contributed by atoms with Crippen LogP contribution in [0, 0.1) is 6.92 Å². The molecule has 23 heavy (non-hydrogen) atoms. The number of phenols is 1. The van der Waals surface area contributed by atoms with Gasteiger partial charge in [0.05, 0.1) is 0 Å². The number of carbonyl (C=O) groups is 1. The van der Waals surface area contributed by atoms with Gasteiger partial charge in [-0.1, -0.05) is 12.1 Å². The molecule has 5 heteroatoms. The second-order valence-electron chi connectivity index (χ2n) is 6.80. The van der Waals surface area contributed by atoms with Crippen LogP contribution in [-0.4, -0.2) is 41.3 Å². The lowest BCUT2D eigenvalue weighted by Gasteiger charge is -2.27. The third kappa shape index (κ3) is 6.48. The Bertz CT molecular complexity index is 523. The third-order valence-electron chi connectivity index (χ3n) is 3.52. The van der Waals surface area contributed by atoms with Crippen molar-refractivity contribution >= 4 is 6.09 Å². The summed E-state index contributed by atoms with van der Waals surface area (Å²) in [6.07, 6.45) is -0.298. The maximum Gasteiger partial charge on any atom is 0.410 e. The number of aryl methyl sites for hydroxylation is 1. The Kier molecular flexibility index (Phi) is 6.88. The minimum atomic E-state index is -0.487. The smallest absolute Gasteiger partial charge is 0.410 e. The van der Waals surface area contributed by atoms with Gasteiger partial charge in [0.25, 0.3) is 0 Å². The molecule has 0 radical (unpaired) electrons. The molecule has 5 nitrogen and oxygen atoms in total. The largest absolute Gasteiger partial charge is 0.508 e. The molecular formula is C18H30N2O3. The number of carbonyl (C=O) groups excluding carboxylic acids is 1. The number of likely N-dealkylation sites (N-methyl/N-ethyl adjacent to an activating group) is 1. The average Bonchev–Trinajstić information content (AvgIpc) is 2.41. The molecule has 0 heterocycles. The summed E-state index contributed by atoms with van der Waals surface area (Å²) in [5.74, 6) is 0.296. The Morgan fingerprint density at radius 3 is 2.57 bits per heavy atom. The van der Waals surface area contributed by atoms with Gasteiger partial charge >= 0.3 is 6.09 Å². The Labute approximate surface area is 139 Å². The number of rotatable bonds is 6. The van der Waals surface area contributed by atoms with Crippen molar-refractivity contribution in [3.63, 3.8) is 0 Å². The van der Waals surface area contributed by atoms with Gasteiger partial charge in [-0.3, -0.25) is 0 Å². The Morgan fingerprint density at radius 2 is 2.04 bits per heavy atom. The van der Waals surface area contributed by atoms with Crippen molar-refractivity contribution in [1.82, 2.24) is 10.2 Å². The number of nitrogens with zero attached hydrogens (tertiary/aromatic N) is 1. The van der Waals surface area contributed by atoms with Gasteiger partial charge in [-0.25, -0.2) is 4.79 Å². The number of phenolic OH excluding ortho intramolecular Hbond substituents is 1. The fourth-order valence-electron chi connectivity index (χ4n) is 2.25. The quantitative estimate of drug-likeness (QED) is 0.840. The van der Waals surface area contributed by atoms with E-state index >= 15 is 0 Å². The summed E-state index contributed by atoms with van der Waals surface area (Å²) in [6.45, 7) is 13.2. The van der Waals surface area contributed by atoms with E-state index in [4.69, 9.17) is 4.74 Å². The van der Waals surface area contributed by atoms with E-state index in [0.717, 1.165) is 11.1 Å². The highest BCUT2D eigenvalue weighted by molar-refractivity contribution is 5.68. The number of ether oxygens (including phenoxy) is 1. The van der Waals surface area contributed by atoms with Crippen molar-refractivity contribution in [3.8, 4) is 5.75 Å². The number of hydrogen-bond donors (Lipinski definition) is 2. The van der Waals surface area contributed by atoms with Crippen molar-refractivity contribution in [3.05, 3.63) is 29.3 Å². The summed E-state index contributed by atoms with van der Waals surface area (Å²) in [6, 6.07) is 5.67. The van der Waals surface area contributed by atoms with Gasteiger partial charge in [0.2, 0.25) is 0 Å². The van der Waals surface area contributed by atoms with E-state index in [1.165, 1.54) is 0 Å². The molecule has 1 amide bonds. The molecule has 0 spiro atoms. The van der Waals surface area contributed by atoms with Crippen LogP contribution >= 0.6 is 0 Å². The van der Waals surface area contributed by atoms with Gasteiger partial charge in [-0.05, 0) is 53.2 Å². The minimum Gasteiger partial charge on any atom is -0.508 e. The van der Waals surface area contributed by atoms with Crippen LogP contribution in [0.1, 0.15) is 51.8 Å². The van der Waals surface area contributed by atoms with E-state index in [1.807, 2.05) is 53.7 Å². The summed E-state index contributed by atoms with van der Waals surface area (Å²) in [7, 11) is 0. The van der Waals surface area contributed by atoms with E-state index < -0.39 is 5.60 Å². The molecular weight excluding hydrogens is 292 g/mol. The van der Waals surface area contributed by atoms with Crippen LogP contribution < -0.4 is 5.32 Å². The maximum atomic E-state index is 12.1. The van der Waals surface area contributed by atoms with E-state index in [-0.39, 0.29) is 12.1 Å². The SMILES string of the molecule is CCN(CCNC(C)c1ccc(C)cc1O)C(=O)OC(C)(C)C. The van der Waals surface area contributed by atoms with Crippen molar-refractivity contribution in [2.24, 2.45) is 0 Å². The number of amides is 1. The summed E-state index contributed by atoms with van der Waals surface area (Å²) in [5.41, 5.74) is 1.40. The zero-order valence-corrected chi connectivity index (χ0v) is 15.1. The van der Waals surface area contributed by atoms with Crippen molar-refractivity contribution in [1.29, 1.82) is 0 Å². The molecule has 1 aromatic rings. The van der Waals surface area contributed by atoms with Gasteiger partial charge in [-0.2, -0.15) is 0 Å². The standard InChI is InChI=1S/C18H30N2O3/c1-7-20(17(22)23-18(4,5)6)11-10-19-14(3)15-9-8-13(2)12-16(15)21/h8-9,12,14,19,21H,7,10-11H2,1-6H3. The summed E-state index contributed by atoms with van der Waals surface area (Å²) in [5, 5.41) is 13.3. The van der Waals surface area contributed by atoms with Crippen molar-refractivity contribution in [2.75, 3.05) is 19.6 Å². The van der Waals surface area contributed by atoms with E-state index in [2.05, 4.69) is 5.32 Å². The van der Waals surface area contributed by atoms with E-state index in [1.54, 1.807) is 11.0 Å². The average molecular weight is 322 g/mol. The second-order valence-corrected chi connectivity index (χ2v) is 6.80. The normalized spacial score (nSPS) is 12.8. The molecule has 0 aliphatic carbocycles. The highest BCUT2D eigenvalue weighted by atomic mass is 16.6. The first-order chi connectivity index (χ1) is 10.6. The third-order valence-corrected chi connectivity index (χ3v) is 3.52. The highest BCUT2D eigenvalue weighted by Crippen LogP contribution is 2.24. The van der Waals surface area contributed by atoms with Crippen molar-refractivity contribution < 1.29 is 14.6 Å². The number of nitrogens with one attached hydrogen (secondary N) is 1. The van der Waals surface area contributed by atoms with Crippen molar-refractivity contribution in [2.45, 2.75) is 53.2 Å². The Hall–Kier alpha value is -1.75. The van der Waals surface area contributed by atoms with Crippen LogP contribution in [0.2, 0.25) is 0 Å². The van der Waals surface area contributed by atoms with Crippen LogP contribution in [0.25, 0.3) is 0 Å². The first-order valence-electron chi connectivity index (χ1n) is 8.15. The van der Waals surface area contributed by atoms with E-state index in [0.29, 0.717) is 25.4 Å². The lowest BCUT2D eigenvalue weighted by molar-refractivity contribution is 0.0261. The van der Waals surface area contributed by atoms with E-state index in [9.17, 15) is 9.90 Å². The first kappa shape index (κ1) is 19.3. The highest BCUT2D eigenvalue weighted by Gasteiger charge is 2.21. The zero-order valence-electron chi connectivity index (χ0n) is 15.1. The van der Waals surface area contributed by atoms with Crippen LogP contribution in [0.3, 0.4) is 0 Å². The van der Waals surface area contributed by atoms with Crippen LogP contribution in [-0.2, 0) is 4.74 Å². The molecule has 0 saturated carbocycles. The molecule has 0 saturated heterocycles. The number of hydrogen-bond acceptors (Lipinski definition) is 4. The van der Waals surface area contributed by atoms with Crippen LogP contribution in [0.15, 0.2) is 18.2 Å². The molecule has 0 aromatic heterocycles. The van der Waals surface area contributed by atoms with Crippen LogP contribution in [0.5, 0.6) is 5.75 Å². The monoisotopic (exact) mass is 322 g/mol. The first-order valence-corrected chi connectivity index (χ1v) is 8.15. The summed E-state index contributed by atoms with van der Waals surface area (Å²) in [4.78, 5) is 13.7. The van der Waals surface area contributed by atoms with Gasteiger partial charge in [0, 0.05) is 31.2 Å². The molecule has 0 bridgehead atoms. The molecule has 1 unspecified atom stereocenters. The number of benzene rings is 1. The zero-order chi connectivity index (χ0) is 17.6. The molecule has 130 valence electrons. The van der Waals surface area contributed by atoms with Gasteiger partial charge in [0.1, 0.15) is 11.4 Å². The fourth-order valence-corrected chi connectivity index (χ4v) is 2.25.